The van der Waals surface area contributed by atoms with E-state index in [4.69, 9.17) is 33.2 Å². The fourth-order valence-corrected chi connectivity index (χ4v) is 7.69. The quantitative estimate of drug-likeness (QED) is 0.0721. The molecule has 0 radical (unpaired) electrons. The molecule has 0 aliphatic heterocycles. The molecule has 1 atom stereocenters. The minimum atomic E-state index is -3.49. The number of ether oxygens (including phenoxy) is 3. The summed E-state index contributed by atoms with van der Waals surface area (Å²) in [5.74, 6) is 1.31. The minimum absolute atomic E-state index is 0.181. The van der Waals surface area contributed by atoms with Crippen LogP contribution >= 0.6 is 7.60 Å². The van der Waals surface area contributed by atoms with Crippen LogP contribution in [0.15, 0.2) is 97.6 Å². The Hall–Kier alpha value is -4.12. The van der Waals surface area contributed by atoms with Crippen molar-refractivity contribution in [2.24, 2.45) is 0 Å². The molecule has 0 saturated carbocycles. The molecule has 3 aromatic carbocycles. The molecular formula is C37H46N5O6P. The first kappa shape index (κ1) is 36.2. The predicted octanol–water partition coefficient (Wildman–Crippen LogP) is 7.83. The molecule has 12 heteroatoms. The Kier molecular flexibility index (Phi) is 12.2. The molecule has 5 rings (SSSR count). The summed E-state index contributed by atoms with van der Waals surface area (Å²) in [6.07, 6.45) is 3.12. The van der Waals surface area contributed by atoms with Crippen LogP contribution in [0.1, 0.15) is 56.8 Å². The SMILES string of the molecule is COCCC(COCP(=O)(OC(C)C)OC(C)C)n1cnc2c(NC(c3ccccc3)(c3ccccc3)c3ccc(OC)cc3)ncnc21. The molecule has 0 amide bonds. The molecule has 0 saturated heterocycles. The zero-order valence-corrected chi connectivity index (χ0v) is 29.9. The maximum atomic E-state index is 13.4. The van der Waals surface area contributed by atoms with Crippen molar-refractivity contribution in [2.75, 3.05) is 39.1 Å². The van der Waals surface area contributed by atoms with E-state index in [1.54, 1.807) is 20.5 Å². The summed E-state index contributed by atoms with van der Waals surface area (Å²) in [7, 11) is -0.173. The van der Waals surface area contributed by atoms with Crippen molar-refractivity contribution in [3.05, 3.63) is 114 Å². The zero-order valence-electron chi connectivity index (χ0n) is 29.0. The van der Waals surface area contributed by atoms with E-state index in [0.29, 0.717) is 30.0 Å². The molecule has 0 bridgehead atoms. The van der Waals surface area contributed by atoms with Crippen molar-refractivity contribution in [1.29, 1.82) is 0 Å². The van der Waals surface area contributed by atoms with Crippen LogP contribution in [0.25, 0.3) is 11.2 Å². The van der Waals surface area contributed by atoms with Crippen LogP contribution in [-0.4, -0.2) is 65.5 Å². The van der Waals surface area contributed by atoms with E-state index in [2.05, 4.69) is 46.7 Å². The second kappa shape index (κ2) is 16.5. The summed E-state index contributed by atoms with van der Waals surface area (Å²) in [5.41, 5.74) is 3.37. The number of rotatable bonds is 18. The standard InChI is InChI=1S/C37H46N5O6P/c1-27(2)47-49(43,48-28(3)4)26-46-23-32(21-22-44-5)42-25-40-34-35(38-24-39-36(34)42)41-37(29-13-9-7-10-14-29,30-15-11-8-12-16-30)31-17-19-33(45-6)20-18-31/h7-20,24-25,27-28,32H,21-23,26H2,1-6H3,(H,38,39,41). The summed E-state index contributed by atoms with van der Waals surface area (Å²) < 4.78 is 43.8. The van der Waals surface area contributed by atoms with Gasteiger partial charge >= 0.3 is 7.60 Å². The zero-order chi connectivity index (χ0) is 34.9. The number of methoxy groups -OCH3 is 2. The van der Waals surface area contributed by atoms with E-state index in [9.17, 15) is 4.57 Å². The Morgan fingerprint density at radius 3 is 1.94 bits per heavy atom. The van der Waals surface area contributed by atoms with Crippen molar-refractivity contribution >= 4 is 24.6 Å². The van der Waals surface area contributed by atoms with Crippen LogP contribution in [0.3, 0.4) is 0 Å². The van der Waals surface area contributed by atoms with Crippen LogP contribution in [0, 0.1) is 0 Å². The number of nitrogens with one attached hydrogen (secondary N) is 1. The van der Waals surface area contributed by atoms with Crippen molar-refractivity contribution < 1.29 is 27.8 Å². The van der Waals surface area contributed by atoms with E-state index in [-0.39, 0.29) is 31.2 Å². The molecule has 0 aliphatic carbocycles. The van der Waals surface area contributed by atoms with Gasteiger partial charge in [0.1, 0.15) is 29.5 Å². The van der Waals surface area contributed by atoms with Gasteiger partial charge in [-0.2, -0.15) is 0 Å². The topological polar surface area (TPSA) is 119 Å². The highest BCUT2D eigenvalue weighted by molar-refractivity contribution is 7.53. The number of anilines is 1. The van der Waals surface area contributed by atoms with E-state index in [1.807, 2.05) is 80.8 Å². The summed E-state index contributed by atoms with van der Waals surface area (Å²) in [6, 6.07) is 28.3. The molecule has 11 nitrogen and oxygen atoms in total. The lowest BCUT2D eigenvalue weighted by molar-refractivity contribution is 0.0776. The van der Waals surface area contributed by atoms with Crippen molar-refractivity contribution in [1.82, 2.24) is 19.5 Å². The van der Waals surface area contributed by atoms with Gasteiger partial charge < -0.3 is 33.1 Å². The molecule has 2 aromatic heterocycles. The Morgan fingerprint density at radius 2 is 1.39 bits per heavy atom. The van der Waals surface area contributed by atoms with E-state index in [0.717, 1.165) is 22.4 Å². The lowest BCUT2D eigenvalue weighted by atomic mass is 9.77. The van der Waals surface area contributed by atoms with Crippen LogP contribution in [0.5, 0.6) is 5.75 Å². The van der Waals surface area contributed by atoms with Gasteiger partial charge in [0.25, 0.3) is 0 Å². The maximum absolute atomic E-state index is 13.4. The van der Waals surface area contributed by atoms with Crippen molar-refractivity contribution in [3.63, 3.8) is 0 Å². The van der Waals surface area contributed by atoms with E-state index in [1.165, 1.54) is 6.33 Å². The van der Waals surface area contributed by atoms with Gasteiger partial charge in [0, 0.05) is 13.7 Å². The van der Waals surface area contributed by atoms with Crippen LogP contribution in [0.4, 0.5) is 5.82 Å². The summed E-state index contributed by atoms with van der Waals surface area (Å²) in [6.45, 7) is 7.95. The molecule has 0 fully saturated rings. The third-order valence-corrected chi connectivity index (χ3v) is 9.94. The normalized spacial score (nSPS) is 12.9. The maximum Gasteiger partial charge on any atom is 0.356 e. The first-order valence-electron chi connectivity index (χ1n) is 16.4. The Bertz CT molecular complexity index is 1750. The van der Waals surface area contributed by atoms with Crippen molar-refractivity contribution in [3.8, 4) is 5.75 Å². The van der Waals surface area contributed by atoms with E-state index >= 15 is 0 Å². The summed E-state index contributed by atoms with van der Waals surface area (Å²) >= 11 is 0. The third kappa shape index (κ3) is 8.55. The van der Waals surface area contributed by atoms with Gasteiger partial charge in [-0.3, -0.25) is 4.57 Å². The van der Waals surface area contributed by atoms with Gasteiger partial charge in [-0.25, -0.2) is 15.0 Å². The third-order valence-electron chi connectivity index (χ3n) is 7.95. The number of hydrogen-bond donors (Lipinski definition) is 1. The molecule has 1 unspecified atom stereocenters. The van der Waals surface area contributed by atoms with Crippen LogP contribution in [0.2, 0.25) is 0 Å². The first-order valence-corrected chi connectivity index (χ1v) is 18.2. The van der Waals surface area contributed by atoms with Gasteiger partial charge in [-0.15, -0.1) is 0 Å². The summed E-state index contributed by atoms with van der Waals surface area (Å²) in [5, 5.41) is 3.82. The first-order chi connectivity index (χ1) is 23.7. The van der Waals surface area contributed by atoms with Gasteiger partial charge in [-0.05, 0) is 62.9 Å². The largest absolute Gasteiger partial charge is 0.497 e. The molecule has 49 heavy (non-hydrogen) atoms. The minimum Gasteiger partial charge on any atom is -0.497 e. The number of aromatic nitrogens is 4. The number of fused-ring (bicyclic) bond motifs is 1. The van der Waals surface area contributed by atoms with Crippen LogP contribution in [-0.2, 0) is 28.6 Å². The number of benzene rings is 3. The molecule has 0 spiro atoms. The van der Waals surface area contributed by atoms with Gasteiger partial charge in [0.2, 0.25) is 0 Å². The lowest BCUT2D eigenvalue weighted by Crippen LogP contribution is -2.38. The Morgan fingerprint density at radius 1 is 0.796 bits per heavy atom. The number of imidazole rings is 1. The highest BCUT2D eigenvalue weighted by atomic mass is 31.2. The van der Waals surface area contributed by atoms with Crippen LogP contribution < -0.4 is 10.1 Å². The smallest absolute Gasteiger partial charge is 0.356 e. The van der Waals surface area contributed by atoms with Gasteiger partial charge in [-0.1, -0.05) is 72.8 Å². The highest BCUT2D eigenvalue weighted by Crippen LogP contribution is 2.50. The molecule has 0 aliphatic rings. The molecular weight excluding hydrogens is 641 g/mol. The number of hydrogen-bond acceptors (Lipinski definition) is 10. The average Bonchev–Trinajstić information content (AvgIpc) is 3.54. The molecule has 260 valence electrons. The second-order valence-electron chi connectivity index (χ2n) is 12.2. The van der Waals surface area contributed by atoms with Gasteiger partial charge in [0.15, 0.2) is 11.5 Å². The monoisotopic (exact) mass is 687 g/mol. The highest BCUT2D eigenvalue weighted by Gasteiger charge is 2.38. The Labute approximate surface area is 288 Å². The average molecular weight is 688 g/mol. The molecule has 5 aromatic rings. The molecule has 1 N–H and O–H groups in total. The van der Waals surface area contributed by atoms with Crippen molar-refractivity contribution in [2.45, 2.75) is 57.9 Å². The molecule has 2 heterocycles. The van der Waals surface area contributed by atoms with E-state index < -0.39 is 13.1 Å². The summed E-state index contributed by atoms with van der Waals surface area (Å²) in [4.78, 5) is 14.2. The predicted molar refractivity (Wildman–Crippen MR) is 191 cm³/mol. The second-order valence-corrected chi connectivity index (χ2v) is 14.1. The fourth-order valence-electron chi connectivity index (χ4n) is 5.91. The number of nitrogens with zero attached hydrogens (tertiary/aromatic N) is 4. The van der Waals surface area contributed by atoms with Gasteiger partial charge in [0.05, 0.1) is 38.3 Å². The fraction of sp³-hybridized carbons (Fsp3) is 0.378. The Balaban J connectivity index is 1.55. The lowest BCUT2D eigenvalue weighted by Gasteiger charge is -2.37.